The molecular weight excluding hydrogens is 270 g/mol. The zero-order valence-electron chi connectivity index (χ0n) is 10.8. The van der Waals surface area contributed by atoms with Gasteiger partial charge in [-0.2, -0.15) is 0 Å². The van der Waals surface area contributed by atoms with Crippen molar-refractivity contribution in [1.82, 2.24) is 0 Å². The third kappa shape index (κ3) is 2.40. The SMILES string of the molecule is C#CCOc1ccc(C2CC(=O)Nc3ccsc32)cc1. The molecule has 3 rings (SSSR count). The molecule has 0 spiro atoms. The van der Waals surface area contributed by atoms with Crippen LogP contribution >= 0.6 is 11.3 Å². The zero-order chi connectivity index (χ0) is 13.9. The van der Waals surface area contributed by atoms with Crippen LogP contribution in [0.1, 0.15) is 22.8 Å². The number of ether oxygens (including phenoxy) is 1. The van der Waals surface area contributed by atoms with Crippen molar-refractivity contribution in [1.29, 1.82) is 0 Å². The summed E-state index contributed by atoms with van der Waals surface area (Å²) in [6.45, 7) is 0.264. The Morgan fingerprint density at radius 3 is 2.90 bits per heavy atom. The zero-order valence-corrected chi connectivity index (χ0v) is 11.6. The van der Waals surface area contributed by atoms with Crippen LogP contribution in [0.5, 0.6) is 5.75 Å². The number of anilines is 1. The molecule has 1 atom stereocenters. The van der Waals surface area contributed by atoms with Gasteiger partial charge in [-0.05, 0) is 29.1 Å². The fraction of sp³-hybridized carbons (Fsp3) is 0.188. The third-order valence-electron chi connectivity index (χ3n) is 3.28. The standard InChI is InChI=1S/C16H13NO2S/c1-2-8-19-12-5-3-11(4-6-12)13-10-15(18)17-14-7-9-20-16(13)14/h1,3-7,9,13H,8,10H2,(H,17,18). The van der Waals surface area contributed by atoms with Gasteiger partial charge in [0.25, 0.3) is 0 Å². The van der Waals surface area contributed by atoms with Gasteiger partial charge in [0.05, 0.1) is 5.69 Å². The molecule has 1 aromatic carbocycles. The monoisotopic (exact) mass is 283 g/mol. The molecule has 0 bridgehead atoms. The molecule has 100 valence electrons. The van der Waals surface area contributed by atoms with Gasteiger partial charge in [0.2, 0.25) is 5.91 Å². The van der Waals surface area contributed by atoms with Crippen LogP contribution in [0.15, 0.2) is 35.7 Å². The lowest BCUT2D eigenvalue weighted by Gasteiger charge is -2.23. The Labute approximate surface area is 121 Å². The van der Waals surface area contributed by atoms with Crippen molar-refractivity contribution >= 4 is 22.9 Å². The fourth-order valence-corrected chi connectivity index (χ4v) is 3.34. The number of amides is 1. The number of thiophene rings is 1. The van der Waals surface area contributed by atoms with Gasteiger partial charge in [0.1, 0.15) is 12.4 Å². The highest BCUT2D eigenvalue weighted by Gasteiger charge is 2.27. The van der Waals surface area contributed by atoms with Gasteiger partial charge in [-0.3, -0.25) is 4.79 Å². The first-order valence-corrected chi connectivity index (χ1v) is 7.19. The molecule has 4 heteroatoms. The Morgan fingerprint density at radius 1 is 1.35 bits per heavy atom. The predicted octanol–water partition coefficient (Wildman–Crippen LogP) is 3.23. The van der Waals surface area contributed by atoms with Crippen molar-refractivity contribution < 1.29 is 9.53 Å². The Morgan fingerprint density at radius 2 is 2.15 bits per heavy atom. The van der Waals surface area contributed by atoms with Gasteiger partial charge >= 0.3 is 0 Å². The minimum absolute atomic E-state index is 0.0635. The predicted molar refractivity (Wildman–Crippen MR) is 80.2 cm³/mol. The summed E-state index contributed by atoms with van der Waals surface area (Å²) in [4.78, 5) is 13.0. The topological polar surface area (TPSA) is 38.3 Å². The van der Waals surface area contributed by atoms with Crippen molar-refractivity contribution in [2.75, 3.05) is 11.9 Å². The number of carbonyl (C=O) groups is 1. The lowest BCUT2D eigenvalue weighted by Crippen LogP contribution is -2.21. The number of benzene rings is 1. The molecule has 0 saturated carbocycles. The number of terminal acetylenes is 1. The average molecular weight is 283 g/mol. The van der Waals surface area contributed by atoms with E-state index in [-0.39, 0.29) is 18.4 Å². The van der Waals surface area contributed by atoms with Crippen molar-refractivity contribution in [3.63, 3.8) is 0 Å². The van der Waals surface area contributed by atoms with Crippen molar-refractivity contribution in [3.8, 4) is 18.1 Å². The van der Waals surface area contributed by atoms with E-state index in [1.54, 1.807) is 11.3 Å². The second kappa shape index (κ2) is 5.40. The number of hydrogen-bond donors (Lipinski definition) is 1. The van der Waals surface area contributed by atoms with E-state index < -0.39 is 0 Å². The molecule has 1 aromatic heterocycles. The molecule has 1 unspecified atom stereocenters. The first-order chi connectivity index (χ1) is 9.78. The highest BCUT2D eigenvalue weighted by Crippen LogP contribution is 2.40. The van der Waals surface area contributed by atoms with Gasteiger partial charge in [0.15, 0.2) is 0 Å². The van der Waals surface area contributed by atoms with Crippen LogP contribution in [0.25, 0.3) is 0 Å². The molecule has 0 fully saturated rings. The highest BCUT2D eigenvalue weighted by molar-refractivity contribution is 7.10. The molecule has 1 aliphatic rings. The van der Waals surface area contributed by atoms with Crippen LogP contribution in [0.4, 0.5) is 5.69 Å². The van der Waals surface area contributed by atoms with Crippen LogP contribution in [-0.4, -0.2) is 12.5 Å². The summed E-state index contributed by atoms with van der Waals surface area (Å²) in [6.07, 6.45) is 5.65. The van der Waals surface area contributed by atoms with Gasteiger partial charge in [-0.25, -0.2) is 0 Å². The van der Waals surface area contributed by atoms with E-state index in [2.05, 4.69) is 11.2 Å². The minimum atomic E-state index is 0.0635. The van der Waals surface area contributed by atoms with Gasteiger partial charge in [0, 0.05) is 17.2 Å². The summed E-state index contributed by atoms with van der Waals surface area (Å²) >= 11 is 1.68. The van der Waals surface area contributed by atoms with Crippen molar-refractivity contribution in [2.45, 2.75) is 12.3 Å². The minimum Gasteiger partial charge on any atom is -0.481 e. The summed E-state index contributed by atoms with van der Waals surface area (Å²) in [6, 6.07) is 9.74. The number of fused-ring (bicyclic) bond motifs is 1. The lowest BCUT2D eigenvalue weighted by atomic mass is 9.91. The first kappa shape index (κ1) is 12.8. The van der Waals surface area contributed by atoms with Gasteiger partial charge in [-0.1, -0.05) is 18.1 Å². The molecule has 3 nitrogen and oxygen atoms in total. The summed E-state index contributed by atoms with van der Waals surface area (Å²) in [5, 5.41) is 4.91. The average Bonchev–Trinajstić information content (AvgIpc) is 2.93. The molecule has 0 radical (unpaired) electrons. The largest absolute Gasteiger partial charge is 0.481 e. The first-order valence-electron chi connectivity index (χ1n) is 6.31. The Hall–Kier alpha value is -2.25. The van der Waals surface area contributed by atoms with Crippen LogP contribution in [0, 0.1) is 12.3 Å². The normalized spacial score (nSPS) is 16.9. The van der Waals surface area contributed by atoms with E-state index in [0.29, 0.717) is 6.42 Å². The summed E-state index contributed by atoms with van der Waals surface area (Å²) in [5.41, 5.74) is 2.06. The smallest absolute Gasteiger partial charge is 0.225 e. The number of rotatable bonds is 3. The second-order valence-corrected chi connectivity index (χ2v) is 5.51. The van der Waals surface area contributed by atoms with Crippen LogP contribution < -0.4 is 10.1 Å². The second-order valence-electron chi connectivity index (χ2n) is 4.57. The van der Waals surface area contributed by atoms with Crippen LogP contribution in [-0.2, 0) is 4.79 Å². The quantitative estimate of drug-likeness (QED) is 0.878. The van der Waals surface area contributed by atoms with Crippen molar-refractivity contribution in [3.05, 3.63) is 46.2 Å². The van der Waals surface area contributed by atoms with E-state index in [4.69, 9.17) is 11.2 Å². The molecular formula is C16H13NO2S. The Kier molecular flexibility index (Phi) is 3.44. The molecule has 1 amide bonds. The van der Waals surface area contributed by atoms with Gasteiger partial charge in [-0.15, -0.1) is 17.8 Å². The van der Waals surface area contributed by atoms with E-state index in [1.807, 2.05) is 35.7 Å². The number of hydrogen-bond acceptors (Lipinski definition) is 3. The molecule has 2 heterocycles. The summed E-state index contributed by atoms with van der Waals surface area (Å²) < 4.78 is 5.36. The van der Waals surface area contributed by atoms with E-state index in [1.165, 1.54) is 4.88 Å². The lowest BCUT2D eigenvalue weighted by molar-refractivity contribution is -0.116. The molecule has 0 aliphatic carbocycles. The molecule has 0 saturated heterocycles. The Bertz CT molecular complexity index is 667. The van der Waals surface area contributed by atoms with Crippen LogP contribution in [0.2, 0.25) is 0 Å². The third-order valence-corrected chi connectivity index (χ3v) is 4.31. The number of carbonyl (C=O) groups excluding carboxylic acids is 1. The molecule has 1 aliphatic heterocycles. The van der Waals surface area contributed by atoms with Crippen LogP contribution in [0.3, 0.4) is 0 Å². The van der Waals surface area contributed by atoms with E-state index in [9.17, 15) is 4.79 Å². The maximum Gasteiger partial charge on any atom is 0.225 e. The van der Waals surface area contributed by atoms with E-state index in [0.717, 1.165) is 17.0 Å². The maximum absolute atomic E-state index is 11.8. The maximum atomic E-state index is 11.8. The molecule has 1 N–H and O–H groups in total. The Balaban J connectivity index is 1.87. The molecule has 20 heavy (non-hydrogen) atoms. The summed E-state index contributed by atoms with van der Waals surface area (Å²) in [5.74, 6) is 3.37. The van der Waals surface area contributed by atoms with Gasteiger partial charge < -0.3 is 10.1 Å². The molecule has 2 aromatic rings. The van der Waals surface area contributed by atoms with E-state index >= 15 is 0 Å². The summed E-state index contributed by atoms with van der Waals surface area (Å²) in [7, 11) is 0. The van der Waals surface area contributed by atoms with Crippen molar-refractivity contribution in [2.24, 2.45) is 0 Å². The highest BCUT2D eigenvalue weighted by atomic mass is 32.1. The number of nitrogens with one attached hydrogen (secondary N) is 1. The fourth-order valence-electron chi connectivity index (χ4n) is 2.36.